The molecule has 2 aromatic carbocycles. The third-order valence-corrected chi connectivity index (χ3v) is 7.80. The summed E-state index contributed by atoms with van der Waals surface area (Å²) < 4.78 is 1.88. The molecule has 0 radical (unpaired) electrons. The molecule has 1 aromatic heterocycles. The van der Waals surface area contributed by atoms with Crippen LogP contribution in [0.25, 0.3) is 17.0 Å². The first-order valence-electron chi connectivity index (χ1n) is 11.8. The van der Waals surface area contributed by atoms with E-state index >= 15 is 0 Å². The average molecular weight is 526 g/mol. The van der Waals surface area contributed by atoms with Crippen LogP contribution in [0.5, 0.6) is 0 Å². The number of piperazine rings is 1. The number of nitrogens with zero attached hydrogens (tertiary/aromatic N) is 4. The lowest BCUT2D eigenvalue weighted by Gasteiger charge is -2.33. The predicted octanol–water partition coefficient (Wildman–Crippen LogP) is 3.20. The third kappa shape index (κ3) is 5.21. The number of aromatic nitrogens is 2. The van der Waals surface area contributed by atoms with Crippen LogP contribution in [-0.4, -0.2) is 68.3 Å². The molecule has 10 heteroatoms. The number of aliphatic imine (C=N–C) groups is 1. The lowest BCUT2D eigenvalue weighted by Crippen LogP contribution is -2.53. The minimum Gasteiger partial charge on any atom is -0.395 e. The minimum atomic E-state index is -0.955. The molecule has 188 valence electrons. The smallest absolute Gasteiger partial charge is 0.286 e. The number of amides is 1. The highest BCUT2D eigenvalue weighted by Crippen LogP contribution is 2.32. The van der Waals surface area contributed by atoms with Crippen molar-refractivity contribution >= 4 is 51.4 Å². The highest BCUT2D eigenvalue weighted by Gasteiger charge is 2.29. The molecule has 3 heterocycles. The van der Waals surface area contributed by atoms with Gasteiger partial charge in [0, 0.05) is 36.1 Å². The number of hydrogen-bond donors (Lipinski definition) is 3. The number of aliphatic hydroxyl groups excluding tert-OH is 1. The molecular weight excluding hydrogens is 498 g/mol. The van der Waals surface area contributed by atoms with Crippen LogP contribution in [0.2, 0.25) is 5.02 Å². The summed E-state index contributed by atoms with van der Waals surface area (Å²) in [7, 11) is 0. The van der Waals surface area contributed by atoms with Gasteiger partial charge in [-0.15, -0.1) is 0 Å². The van der Waals surface area contributed by atoms with Gasteiger partial charge in [-0.05, 0) is 66.6 Å². The molecule has 0 aliphatic carbocycles. The van der Waals surface area contributed by atoms with Gasteiger partial charge in [0.25, 0.3) is 5.91 Å². The van der Waals surface area contributed by atoms with Crippen LogP contribution < -0.4 is 5.32 Å². The van der Waals surface area contributed by atoms with Crippen LogP contribution >= 0.6 is 23.4 Å². The van der Waals surface area contributed by atoms with Crippen molar-refractivity contribution in [2.24, 2.45) is 4.99 Å². The van der Waals surface area contributed by atoms with Crippen molar-refractivity contribution in [1.82, 2.24) is 20.0 Å². The number of amidine groups is 1. The van der Waals surface area contributed by atoms with Crippen LogP contribution in [0.4, 0.5) is 0 Å². The molecule has 0 bridgehead atoms. The zero-order valence-corrected chi connectivity index (χ0v) is 21.7. The van der Waals surface area contributed by atoms with Gasteiger partial charge in [-0.1, -0.05) is 29.8 Å². The second kappa shape index (κ2) is 9.99. The van der Waals surface area contributed by atoms with Crippen molar-refractivity contribution in [2.75, 3.05) is 26.2 Å². The fraction of sp³-hybridized carbons (Fsp3) is 0.346. The van der Waals surface area contributed by atoms with Gasteiger partial charge in [0.1, 0.15) is 0 Å². The Morgan fingerprint density at radius 3 is 2.86 bits per heavy atom. The zero-order valence-electron chi connectivity index (χ0n) is 20.1. The number of aliphatic hydroxyl groups is 2. The van der Waals surface area contributed by atoms with Crippen molar-refractivity contribution in [2.45, 2.75) is 32.0 Å². The van der Waals surface area contributed by atoms with E-state index in [1.54, 1.807) is 26.1 Å². The number of carbonyl (C=O) groups excluding carboxylic acids is 1. The van der Waals surface area contributed by atoms with Crippen LogP contribution in [-0.2, 0) is 16.9 Å². The number of rotatable bonds is 5. The number of benzene rings is 2. The molecule has 2 aliphatic heterocycles. The molecule has 1 amide bonds. The standard InChI is InChI=1S/C26H28ClN5O3S/c1-26(2,35)19-5-4-17(21(27)11-19)13-32-22-6-3-16(9-18(22)12-29-32)10-23-24(34)30-25(36-23)31-8-7-28-20(14-31)15-33/h3-6,9-12,20,28,33,35H,7-8,13-15H2,1-2H3/b23-10-/t20-/m1/s1. The van der Waals surface area contributed by atoms with Gasteiger partial charge in [-0.3, -0.25) is 9.48 Å². The first-order chi connectivity index (χ1) is 17.2. The maximum absolute atomic E-state index is 12.6. The molecule has 1 atom stereocenters. The van der Waals surface area contributed by atoms with Crippen LogP contribution in [0.3, 0.4) is 0 Å². The lowest BCUT2D eigenvalue weighted by molar-refractivity contribution is -0.113. The minimum absolute atomic E-state index is 0.0153. The summed E-state index contributed by atoms with van der Waals surface area (Å²) >= 11 is 7.87. The van der Waals surface area contributed by atoms with Gasteiger partial charge in [-0.25, -0.2) is 0 Å². The van der Waals surface area contributed by atoms with Crippen molar-refractivity contribution < 1.29 is 15.0 Å². The molecule has 0 unspecified atom stereocenters. The molecule has 3 aromatic rings. The molecular formula is C26H28ClN5O3S. The van der Waals surface area contributed by atoms with E-state index in [1.807, 2.05) is 46.0 Å². The van der Waals surface area contributed by atoms with Crippen molar-refractivity contribution in [3.8, 4) is 0 Å². The molecule has 0 spiro atoms. The first-order valence-corrected chi connectivity index (χ1v) is 13.0. The summed E-state index contributed by atoms with van der Waals surface area (Å²) in [5.74, 6) is -0.242. The molecule has 36 heavy (non-hydrogen) atoms. The van der Waals surface area contributed by atoms with Gasteiger partial charge in [0.05, 0.1) is 35.4 Å². The summed E-state index contributed by atoms with van der Waals surface area (Å²) in [4.78, 5) is 19.4. The quantitative estimate of drug-likeness (QED) is 0.439. The zero-order chi connectivity index (χ0) is 25.4. The average Bonchev–Trinajstić information content (AvgIpc) is 3.42. The molecule has 1 saturated heterocycles. The summed E-state index contributed by atoms with van der Waals surface area (Å²) in [5, 5.41) is 29.7. The Labute approximate surface area is 218 Å². The Morgan fingerprint density at radius 1 is 1.28 bits per heavy atom. The van der Waals surface area contributed by atoms with E-state index in [0.717, 1.165) is 40.7 Å². The van der Waals surface area contributed by atoms with E-state index in [0.29, 0.717) is 28.2 Å². The number of hydrogen-bond acceptors (Lipinski definition) is 7. The summed E-state index contributed by atoms with van der Waals surface area (Å²) in [5.41, 5.74) is 2.57. The van der Waals surface area contributed by atoms with E-state index in [-0.39, 0.29) is 18.6 Å². The van der Waals surface area contributed by atoms with Crippen molar-refractivity contribution in [3.63, 3.8) is 0 Å². The van der Waals surface area contributed by atoms with Crippen molar-refractivity contribution in [3.05, 3.63) is 69.2 Å². The molecule has 3 N–H and O–H groups in total. The number of halogens is 1. The summed E-state index contributed by atoms with van der Waals surface area (Å²) in [6, 6.07) is 11.5. The monoisotopic (exact) mass is 525 g/mol. The number of nitrogens with one attached hydrogen (secondary N) is 1. The first kappa shape index (κ1) is 25.0. The SMILES string of the molecule is CC(C)(O)c1ccc(Cn2ncc3cc(/C=C4\SC(N5CCN[C@@H](CO)C5)=NC4=O)ccc32)c(Cl)c1. The second-order valence-electron chi connectivity index (χ2n) is 9.58. The van der Waals surface area contributed by atoms with Crippen LogP contribution in [0.1, 0.15) is 30.5 Å². The maximum Gasteiger partial charge on any atom is 0.286 e. The topological polar surface area (TPSA) is 103 Å². The van der Waals surface area contributed by atoms with Gasteiger partial charge in [0.2, 0.25) is 0 Å². The van der Waals surface area contributed by atoms with E-state index in [1.165, 1.54) is 11.8 Å². The Hall–Kier alpha value is -2.69. The highest BCUT2D eigenvalue weighted by atomic mass is 35.5. The Morgan fingerprint density at radius 2 is 2.11 bits per heavy atom. The molecule has 0 saturated carbocycles. The molecule has 8 nitrogen and oxygen atoms in total. The Kier molecular flexibility index (Phi) is 6.93. The lowest BCUT2D eigenvalue weighted by atomic mass is 9.97. The van der Waals surface area contributed by atoms with Gasteiger partial charge in [-0.2, -0.15) is 10.1 Å². The van der Waals surface area contributed by atoms with E-state index < -0.39 is 5.60 Å². The van der Waals surface area contributed by atoms with Gasteiger partial charge < -0.3 is 20.4 Å². The van der Waals surface area contributed by atoms with E-state index in [4.69, 9.17) is 11.6 Å². The highest BCUT2D eigenvalue weighted by molar-refractivity contribution is 8.18. The Balaban J connectivity index is 1.32. The largest absolute Gasteiger partial charge is 0.395 e. The maximum atomic E-state index is 12.6. The number of carbonyl (C=O) groups is 1. The molecule has 5 rings (SSSR count). The predicted molar refractivity (Wildman–Crippen MR) is 144 cm³/mol. The van der Waals surface area contributed by atoms with Crippen LogP contribution in [0, 0.1) is 0 Å². The van der Waals surface area contributed by atoms with Gasteiger partial charge >= 0.3 is 0 Å². The van der Waals surface area contributed by atoms with Gasteiger partial charge in [0.15, 0.2) is 5.17 Å². The fourth-order valence-electron chi connectivity index (χ4n) is 4.34. The summed E-state index contributed by atoms with van der Waals surface area (Å²) in [6.45, 7) is 6.13. The number of thioether (sulfide) groups is 1. The second-order valence-corrected chi connectivity index (χ2v) is 11.0. The van der Waals surface area contributed by atoms with E-state index in [2.05, 4.69) is 15.4 Å². The normalized spacial score (nSPS) is 20.0. The Bertz CT molecular complexity index is 1380. The van der Waals surface area contributed by atoms with Crippen LogP contribution in [0.15, 0.2) is 52.5 Å². The molecule has 1 fully saturated rings. The number of fused-ring (bicyclic) bond motifs is 1. The fourth-order valence-corrected chi connectivity index (χ4v) is 5.53. The van der Waals surface area contributed by atoms with Crippen molar-refractivity contribution in [1.29, 1.82) is 0 Å². The van der Waals surface area contributed by atoms with E-state index in [9.17, 15) is 15.0 Å². The summed E-state index contributed by atoms with van der Waals surface area (Å²) in [6.07, 6.45) is 3.66. The third-order valence-electron chi connectivity index (χ3n) is 6.40. The molecule has 2 aliphatic rings.